The standard InChI is InChI=1S/C12H19ClN2O3S/c1-3-4-15(5-6-16)19(17,18)10-7-9(2)12(13)11(14)8-10/h7-8,16H,3-6,14H2,1-2H3. The van der Waals surface area contributed by atoms with Gasteiger partial charge in [0.2, 0.25) is 10.0 Å². The van der Waals surface area contributed by atoms with Gasteiger partial charge in [0.1, 0.15) is 0 Å². The van der Waals surface area contributed by atoms with E-state index in [1.165, 1.54) is 16.4 Å². The molecule has 0 saturated heterocycles. The zero-order valence-electron chi connectivity index (χ0n) is 11.1. The van der Waals surface area contributed by atoms with Crippen molar-refractivity contribution in [2.75, 3.05) is 25.4 Å². The molecule has 0 bridgehead atoms. The topological polar surface area (TPSA) is 83.6 Å². The van der Waals surface area contributed by atoms with Crippen molar-refractivity contribution in [2.45, 2.75) is 25.2 Å². The van der Waals surface area contributed by atoms with Gasteiger partial charge in [-0.15, -0.1) is 0 Å². The van der Waals surface area contributed by atoms with Gasteiger partial charge in [-0.3, -0.25) is 0 Å². The lowest BCUT2D eigenvalue weighted by atomic mass is 10.2. The Morgan fingerprint density at radius 1 is 1.37 bits per heavy atom. The number of nitrogen functional groups attached to an aromatic ring is 1. The highest BCUT2D eigenvalue weighted by Gasteiger charge is 2.24. The van der Waals surface area contributed by atoms with Crippen LogP contribution in [0.2, 0.25) is 5.02 Å². The number of hydrogen-bond donors (Lipinski definition) is 2. The molecule has 19 heavy (non-hydrogen) atoms. The minimum Gasteiger partial charge on any atom is -0.397 e. The van der Waals surface area contributed by atoms with Crippen LogP contribution in [0.1, 0.15) is 18.9 Å². The van der Waals surface area contributed by atoms with Crippen LogP contribution in [-0.4, -0.2) is 37.5 Å². The third-order valence-electron chi connectivity index (χ3n) is 2.72. The average molecular weight is 307 g/mol. The number of aliphatic hydroxyl groups is 1. The number of benzene rings is 1. The molecule has 0 aliphatic carbocycles. The molecule has 0 spiro atoms. The Morgan fingerprint density at radius 3 is 2.47 bits per heavy atom. The Hall–Kier alpha value is -0.820. The number of anilines is 1. The molecule has 0 radical (unpaired) electrons. The summed E-state index contributed by atoms with van der Waals surface area (Å²) in [5.41, 5.74) is 6.55. The van der Waals surface area contributed by atoms with Crippen LogP contribution in [0.15, 0.2) is 17.0 Å². The molecule has 108 valence electrons. The van der Waals surface area contributed by atoms with Crippen LogP contribution >= 0.6 is 11.6 Å². The van der Waals surface area contributed by atoms with Gasteiger partial charge in [0.25, 0.3) is 0 Å². The fourth-order valence-electron chi connectivity index (χ4n) is 1.77. The van der Waals surface area contributed by atoms with E-state index in [1.54, 1.807) is 6.92 Å². The molecule has 0 aliphatic heterocycles. The molecule has 0 aliphatic rings. The number of aryl methyl sites for hydroxylation is 1. The first kappa shape index (κ1) is 16.2. The minimum absolute atomic E-state index is 0.0672. The van der Waals surface area contributed by atoms with E-state index >= 15 is 0 Å². The van der Waals surface area contributed by atoms with Gasteiger partial charge < -0.3 is 10.8 Å². The van der Waals surface area contributed by atoms with Crippen LogP contribution in [-0.2, 0) is 10.0 Å². The van der Waals surface area contributed by atoms with Crippen LogP contribution in [0.4, 0.5) is 5.69 Å². The molecular formula is C12H19ClN2O3S. The van der Waals surface area contributed by atoms with Gasteiger partial charge in [-0.1, -0.05) is 18.5 Å². The molecule has 0 heterocycles. The van der Waals surface area contributed by atoms with Crippen molar-refractivity contribution in [3.8, 4) is 0 Å². The van der Waals surface area contributed by atoms with E-state index < -0.39 is 10.0 Å². The van der Waals surface area contributed by atoms with Gasteiger partial charge in [-0.25, -0.2) is 8.42 Å². The number of nitrogens with two attached hydrogens (primary N) is 1. The summed E-state index contributed by atoms with van der Waals surface area (Å²) >= 11 is 5.93. The summed E-state index contributed by atoms with van der Waals surface area (Å²) in [5, 5.41) is 9.34. The van der Waals surface area contributed by atoms with Gasteiger partial charge in [-0.05, 0) is 31.0 Å². The van der Waals surface area contributed by atoms with Crippen molar-refractivity contribution in [1.29, 1.82) is 0 Å². The Morgan fingerprint density at radius 2 is 2.00 bits per heavy atom. The smallest absolute Gasteiger partial charge is 0.243 e. The molecular weight excluding hydrogens is 288 g/mol. The maximum Gasteiger partial charge on any atom is 0.243 e. The van der Waals surface area contributed by atoms with Crippen LogP contribution < -0.4 is 5.73 Å². The van der Waals surface area contributed by atoms with Gasteiger partial charge in [0.05, 0.1) is 22.2 Å². The lowest BCUT2D eigenvalue weighted by Gasteiger charge is -2.21. The third kappa shape index (κ3) is 3.60. The second-order valence-corrected chi connectivity index (χ2v) is 6.59. The van der Waals surface area contributed by atoms with Gasteiger partial charge in [0, 0.05) is 13.1 Å². The van der Waals surface area contributed by atoms with Crippen molar-refractivity contribution in [3.05, 3.63) is 22.7 Å². The third-order valence-corrected chi connectivity index (χ3v) is 5.11. The van der Waals surface area contributed by atoms with Crippen LogP contribution in [0.3, 0.4) is 0 Å². The Labute approximate surface area is 119 Å². The highest BCUT2D eigenvalue weighted by Crippen LogP contribution is 2.28. The van der Waals surface area contributed by atoms with E-state index in [4.69, 9.17) is 22.4 Å². The van der Waals surface area contributed by atoms with Crippen molar-refractivity contribution >= 4 is 27.3 Å². The molecule has 0 aromatic heterocycles. The van der Waals surface area contributed by atoms with E-state index in [1.807, 2.05) is 6.92 Å². The molecule has 0 amide bonds. The van der Waals surface area contributed by atoms with Gasteiger partial charge >= 0.3 is 0 Å². The van der Waals surface area contributed by atoms with Crippen molar-refractivity contribution < 1.29 is 13.5 Å². The fourth-order valence-corrected chi connectivity index (χ4v) is 3.53. The fraction of sp³-hybridized carbons (Fsp3) is 0.500. The second-order valence-electron chi connectivity index (χ2n) is 4.27. The number of nitrogens with zero attached hydrogens (tertiary/aromatic N) is 1. The molecule has 5 nitrogen and oxygen atoms in total. The van der Waals surface area contributed by atoms with Gasteiger partial charge in [0.15, 0.2) is 0 Å². The molecule has 0 saturated carbocycles. The number of rotatable bonds is 6. The highest BCUT2D eigenvalue weighted by molar-refractivity contribution is 7.89. The molecule has 1 aromatic rings. The normalized spacial score (nSPS) is 12.1. The summed E-state index contributed by atoms with van der Waals surface area (Å²) in [6, 6.07) is 2.85. The van der Waals surface area contributed by atoms with Crippen molar-refractivity contribution in [3.63, 3.8) is 0 Å². The maximum atomic E-state index is 12.4. The monoisotopic (exact) mass is 306 g/mol. The van der Waals surface area contributed by atoms with Gasteiger partial charge in [-0.2, -0.15) is 4.31 Å². The molecule has 0 atom stereocenters. The lowest BCUT2D eigenvalue weighted by molar-refractivity contribution is 0.253. The van der Waals surface area contributed by atoms with E-state index in [0.717, 1.165) is 0 Å². The predicted octanol–water partition coefficient (Wildman–Crippen LogP) is 1.62. The molecule has 1 aromatic carbocycles. The van der Waals surface area contributed by atoms with E-state index in [2.05, 4.69) is 0 Å². The van der Waals surface area contributed by atoms with Crippen molar-refractivity contribution in [2.24, 2.45) is 0 Å². The van der Waals surface area contributed by atoms with Crippen molar-refractivity contribution in [1.82, 2.24) is 4.31 Å². The highest BCUT2D eigenvalue weighted by atomic mass is 35.5. The van der Waals surface area contributed by atoms with E-state index in [9.17, 15) is 8.42 Å². The Bertz CT molecular complexity index is 517. The van der Waals surface area contributed by atoms with Crippen LogP contribution in [0, 0.1) is 6.92 Å². The van der Waals surface area contributed by atoms with Crippen LogP contribution in [0.25, 0.3) is 0 Å². The SMILES string of the molecule is CCCN(CCO)S(=O)(=O)c1cc(C)c(Cl)c(N)c1. The van der Waals surface area contributed by atoms with E-state index in [-0.39, 0.29) is 23.7 Å². The summed E-state index contributed by atoms with van der Waals surface area (Å²) in [4.78, 5) is 0.105. The molecule has 0 unspecified atom stereocenters. The molecule has 0 fully saturated rings. The van der Waals surface area contributed by atoms with Crippen LogP contribution in [0.5, 0.6) is 0 Å². The largest absolute Gasteiger partial charge is 0.397 e. The predicted molar refractivity (Wildman–Crippen MR) is 76.7 cm³/mol. The Kier molecular flexibility index (Phi) is 5.61. The first-order chi connectivity index (χ1) is 8.84. The quantitative estimate of drug-likeness (QED) is 0.782. The second kappa shape index (κ2) is 6.56. The zero-order valence-corrected chi connectivity index (χ0v) is 12.6. The Balaban J connectivity index is 3.25. The summed E-state index contributed by atoms with van der Waals surface area (Å²) < 4.78 is 26.1. The first-order valence-electron chi connectivity index (χ1n) is 6.01. The molecule has 1 rings (SSSR count). The lowest BCUT2D eigenvalue weighted by Crippen LogP contribution is -2.34. The van der Waals surface area contributed by atoms with E-state index in [0.29, 0.717) is 23.6 Å². The first-order valence-corrected chi connectivity index (χ1v) is 7.83. The maximum absolute atomic E-state index is 12.4. The average Bonchev–Trinajstić information content (AvgIpc) is 2.35. The number of hydrogen-bond acceptors (Lipinski definition) is 4. The minimum atomic E-state index is -3.65. The summed E-state index contributed by atoms with van der Waals surface area (Å²) in [7, 11) is -3.65. The number of sulfonamides is 1. The summed E-state index contributed by atoms with van der Waals surface area (Å²) in [5.74, 6) is 0. The summed E-state index contributed by atoms with van der Waals surface area (Å²) in [6.07, 6.45) is 0.668. The zero-order chi connectivity index (χ0) is 14.6. The molecule has 3 N–H and O–H groups in total. The molecule has 7 heteroatoms. The summed E-state index contributed by atoms with van der Waals surface area (Å²) in [6.45, 7) is 3.78. The number of halogens is 1. The number of aliphatic hydroxyl groups excluding tert-OH is 1.